The van der Waals surface area contributed by atoms with Gasteiger partial charge in [0.15, 0.2) is 0 Å². The van der Waals surface area contributed by atoms with Crippen molar-refractivity contribution in [3.63, 3.8) is 0 Å². The van der Waals surface area contributed by atoms with Gasteiger partial charge >= 0.3 is 0 Å². The van der Waals surface area contributed by atoms with E-state index in [1.807, 2.05) is 0 Å². The molecule has 1 saturated carbocycles. The smallest absolute Gasteiger partial charge is 0.109 e. The van der Waals surface area contributed by atoms with Gasteiger partial charge in [-0.15, -0.1) is 0 Å². The summed E-state index contributed by atoms with van der Waals surface area (Å²) < 4.78 is 16.1. The SMILES string of the molecule is COCCOCCCOC1CCC(C#N)(NC(C)C)C1. The van der Waals surface area contributed by atoms with Crippen molar-refractivity contribution in [2.75, 3.05) is 33.5 Å². The molecule has 2 atom stereocenters. The first-order chi connectivity index (χ1) is 9.62. The molecule has 1 aliphatic carbocycles. The zero-order valence-corrected chi connectivity index (χ0v) is 13.0. The number of ether oxygens (including phenoxy) is 3. The van der Waals surface area contributed by atoms with Crippen LogP contribution in [0.15, 0.2) is 0 Å². The van der Waals surface area contributed by atoms with Gasteiger partial charge in [-0.25, -0.2) is 0 Å². The van der Waals surface area contributed by atoms with E-state index in [2.05, 4.69) is 25.2 Å². The van der Waals surface area contributed by atoms with Crippen molar-refractivity contribution in [1.29, 1.82) is 5.26 Å². The molecular formula is C15H28N2O3. The molecule has 5 nitrogen and oxygen atoms in total. The maximum absolute atomic E-state index is 9.38. The molecule has 0 saturated heterocycles. The summed E-state index contributed by atoms with van der Waals surface area (Å²) in [6.45, 7) is 6.81. The van der Waals surface area contributed by atoms with Crippen LogP contribution in [-0.4, -0.2) is 51.2 Å². The minimum Gasteiger partial charge on any atom is -0.382 e. The van der Waals surface area contributed by atoms with Crippen LogP contribution in [0, 0.1) is 11.3 Å². The molecule has 0 aromatic rings. The van der Waals surface area contributed by atoms with E-state index in [-0.39, 0.29) is 6.10 Å². The van der Waals surface area contributed by atoms with Gasteiger partial charge in [-0.1, -0.05) is 0 Å². The fourth-order valence-corrected chi connectivity index (χ4v) is 2.62. The van der Waals surface area contributed by atoms with Crippen LogP contribution < -0.4 is 5.32 Å². The third kappa shape index (κ3) is 6.19. The second-order valence-electron chi connectivity index (χ2n) is 5.69. The molecule has 1 rings (SSSR count). The van der Waals surface area contributed by atoms with Crippen molar-refractivity contribution in [3.05, 3.63) is 0 Å². The summed E-state index contributed by atoms with van der Waals surface area (Å²) in [6, 6.07) is 2.76. The van der Waals surface area contributed by atoms with Gasteiger partial charge < -0.3 is 14.2 Å². The number of hydrogen-bond donors (Lipinski definition) is 1. The van der Waals surface area contributed by atoms with Crippen molar-refractivity contribution in [2.45, 2.75) is 57.2 Å². The molecular weight excluding hydrogens is 256 g/mol. The predicted octanol–water partition coefficient (Wildman–Crippen LogP) is 1.87. The Hall–Kier alpha value is -0.670. The molecule has 0 heterocycles. The highest BCUT2D eigenvalue weighted by Crippen LogP contribution is 2.32. The first-order valence-electron chi connectivity index (χ1n) is 7.49. The molecule has 1 fully saturated rings. The van der Waals surface area contributed by atoms with Crippen molar-refractivity contribution in [1.82, 2.24) is 5.32 Å². The third-order valence-electron chi connectivity index (χ3n) is 3.47. The van der Waals surface area contributed by atoms with Gasteiger partial charge in [0.1, 0.15) is 5.54 Å². The van der Waals surface area contributed by atoms with E-state index in [1.165, 1.54) is 0 Å². The lowest BCUT2D eigenvalue weighted by Crippen LogP contribution is -2.45. The van der Waals surface area contributed by atoms with Crippen LogP contribution in [0.2, 0.25) is 0 Å². The summed E-state index contributed by atoms with van der Waals surface area (Å²) in [4.78, 5) is 0. The highest BCUT2D eigenvalue weighted by Gasteiger charge is 2.40. The van der Waals surface area contributed by atoms with E-state index in [4.69, 9.17) is 14.2 Å². The molecule has 0 radical (unpaired) electrons. The highest BCUT2D eigenvalue weighted by atomic mass is 16.5. The maximum Gasteiger partial charge on any atom is 0.109 e. The summed E-state index contributed by atoms with van der Waals surface area (Å²) in [7, 11) is 1.67. The van der Waals surface area contributed by atoms with E-state index in [0.717, 1.165) is 25.7 Å². The van der Waals surface area contributed by atoms with Gasteiger partial charge in [0.25, 0.3) is 0 Å². The normalized spacial score (nSPS) is 26.1. The summed E-state index contributed by atoms with van der Waals surface area (Å²) in [5.74, 6) is 0. The van der Waals surface area contributed by atoms with Gasteiger partial charge in [0, 0.05) is 32.8 Å². The van der Waals surface area contributed by atoms with E-state index >= 15 is 0 Å². The van der Waals surface area contributed by atoms with E-state index < -0.39 is 5.54 Å². The van der Waals surface area contributed by atoms with Gasteiger partial charge in [-0.3, -0.25) is 5.32 Å². The van der Waals surface area contributed by atoms with Gasteiger partial charge in [-0.2, -0.15) is 5.26 Å². The minimum atomic E-state index is -0.395. The van der Waals surface area contributed by atoms with Crippen LogP contribution >= 0.6 is 0 Å². The number of methoxy groups -OCH3 is 1. The Morgan fingerprint density at radius 1 is 1.30 bits per heavy atom. The lowest BCUT2D eigenvalue weighted by molar-refractivity contribution is 0.0244. The lowest BCUT2D eigenvalue weighted by Gasteiger charge is -2.25. The molecule has 0 spiro atoms. The third-order valence-corrected chi connectivity index (χ3v) is 3.47. The van der Waals surface area contributed by atoms with Crippen LogP contribution in [0.1, 0.15) is 39.5 Å². The van der Waals surface area contributed by atoms with Crippen LogP contribution in [0.4, 0.5) is 0 Å². The molecule has 0 amide bonds. The average Bonchev–Trinajstić information content (AvgIpc) is 2.81. The Labute approximate surface area is 122 Å². The fraction of sp³-hybridized carbons (Fsp3) is 0.933. The van der Waals surface area contributed by atoms with Crippen molar-refractivity contribution in [2.24, 2.45) is 0 Å². The van der Waals surface area contributed by atoms with Gasteiger partial charge in [0.2, 0.25) is 0 Å². The molecule has 1 N–H and O–H groups in total. The van der Waals surface area contributed by atoms with Crippen molar-refractivity contribution in [3.8, 4) is 6.07 Å². The zero-order valence-electron chi connectivity index (χ0n) is 13.0. The van der Waals surface area contributed by atoms with E-state index in [0.29, 0.717) is 32.5 Å². The number of hydrogen-bond acceptors (Lipinski definition) is 5. The number of rotatable bonds is 10. The monoisotopic (exact) mass is 284 g/mol. The summed E-state index contributed by atoms with van der Waals surface area (Å²) in [6.07, 6.45) is 3.69. The molecule has 2 unspecified atom stereocenters. The fourth-order valence-electron chi connectivity index (χ4n) is 2.62. The van der Waals surface area contributed by atoms with Crippen LogP contribution in [0.3, 0.4) is 0 Å². The Kier molecular flexibility index (Phi) is 8.08. The molecule has 0 aliphatic heterocycles. The Morgan fingerprint density at radius 3 is 2.75 bits per heavy atom. The maximum atomic E-state index is 9.38. The molecule has 5 heteroatoms. The zero-order chi connectivity index (χ0) is 14.8. The van der Waals surface area contributed by atoms with Gasteiger partial charge in [-0.05, 0) is 33.1 Å². The predicted molar refractivity (Wildman–Crippen MR) is 77.5 cm³/mol. The van der Waals surface area contributed by atoms with Crippen molar-refractivity contribution < 1.29 is 14.2 Å². The second-order valence-corrected chi connectivity index (χ2v) is 5.69. The first-order valence-corrected chi connectivity index (χ1v) is 7.49. The Bertz CT molecular complexity index is 304. The Balaban J connectivity index is 2.13. The standard InChI is InChI=1S/C15H28N2O3/c1-13(2)17-15(12-16)6-5-14(11-15)20-8-4-7-19-10-9-18-3/h13-14,17H,4-11H2,1-3H3. The number of nitrogens with zero attached hydrogens (tertiary/aromatic N) is 1. The Morgan fingerprint density at radius 2 is 2.10 bits per heavy atom. The molecule has 0 aromatic carbocycles. The molecule has 1 aliphatic rings. The first kappa shape index (κ1) is 17.4. The van der Waals surface area contributed by atoms with E-state index in [9.17, 15) is 5.26 Å². The average molecular weight is 284 g/mol. The topological polar surface area (TPSA) is 63.5 Å². The number of nitrogens with one attached hydrogen (secondary N) is 1. The number of nitriles is 1. The minimum absolute atomic E-state index is 0.194. The van der Waals surface area contributed by atoms with Crippen LogP contribution in [-0.2, 0) is 14.2 Å². The van der Waals surface area contributed by atoms with E-state index in [1.54, 1.807) is 7.11 Å². The molecule has 116 valence electrons. The molecule has 20 heavy (non-hydrogen) atoms. The largest absolute Gasteiger partial charge is 0.382 e. The van der Waals surface area contributed by atoms with Crippen LogP contribution in [0.25, 0.3) is 0 Å². The summed E-state index contributed by atoms with van der Waals surface area (Å²) in [5.41, 5.74) is -0.395. The van der Waals surface area contributed by atoms with Crippen molar-refractivity contribution >= 4 is 0 Å². The van der Waals surface area contributed by atoms with Gasteiger partial charge in [0.05, 0.1) is 25.4 Å². The summed E-state index contributed by atoms with van der Waals surface area (Å²) in [5, 5.41) is 12.8. The molecule has 0 bridgehead atoms. The molecule has 0 aromatic heterocycles. The second kappa shape index (κ2) is 9.30. The summed E-state index contributed by atoms with van der Waals surface area (Å²) >= 11 is 0. The highest BCUT2D eigenvalue weighted by molar-refractivity contribution is 5.12. The van der Waals surface area contributed by atoms with Crippen LogP contribution in [0.5, 0.6) is 0 Å². The lowest BCUT2D eigenvalue weighted by atomic mass is 9.98. The quantitative estimate of drug-likeness (QED) is 0.620.